The maximum atomic E-state index is 13.0. The number of hydrogen-bond acceptors (Lipinski definition) is 5. The maximum Gasteiger partial charge on any atom is 0.265 e. The van der Waals surface area contributed by atoms with Gasteiger partial charge in [0.1, 0.15) is 5.75 Å². The molecule has 2 aromatic rings. The molecule has 3 N–H and O–H groups in total. The number of benzene rings is 2. The van der Waals surface area contributed by atoms with E-state index in [9.17, 15) is 14.4 Å². The van der Waals surface area contributed by atoms with Crippen molar-refractivity contribution in [1.82, 2.24) is 5.32 Å². The van der Waals surface area contributed by atoms with E-state index in [-0.39, 0.29) is 23.5 Å². The Morgan fingerprint density at radius 2 is 1.91 bits per heavy atom. The lowest BCUT2D eigenvalue weighted by Crippen LogP contribution is -2.34. The number of carbonyl (C=O) groups excluding carboxylic acids is 3. The number of hydrogen-bond donors (Lipinski definition) is 3. The molecule has 1 heterocycles. The predicted octanol–water partition coefficient (Wildman–Crippen LogP) is 4.45. The molecule has 0 saturated heterocycles. The van der Waals surface area contributed by atoms with Crippen molar-refractivity contribution in [3.05, 3.63) is 48.0 Å². The molecular weight excluding hydrogens is 438 g/mol. The van der Waals surface area contributed by atoms with Gasteiger partial charge in [-0.1, -0.05) is 31.4 Å². The van der Waals surface area contributed by atoms with Gasteiger partial charge in [-0.25, -0.2) is 0 Å². The van der Waals surface area contributed by atoms with Gasteiger partial charge in [-0.05, 0) is 56.0 Å². The molecule has 7 nitrogen and oxygen atoms in total. The summed E-state index contributed by atoms with van der Waals surface area (Å²) in [7, 11) is 0. The van der Waals surface area contributed by atoms with Gasteiger partial charge < -0.3 is 20.7 Å². The highest BCUT2D eigenvalue weighted by molar-refractivity contribution is 8.00. The van der Waals surface area contributed by atoms with E-state index in [1.807, 2.05) is 12.1 Å². The van der Waals surface area contributed by atoms with Crippen molar-refractivity contribution >= 4 is 40.9 Å². The third-order valence-corrected chi connectivity index (χ3v) is 7.04. The molecule has 0 spiro atoms. The summed E-state index contributed by atoms with van der Waals surface area (Å²) < 4.78 is 5.55. The van der Waals surface area contributed by atoms with Crippen LogP contribution in [0.3, 0.4) is 0 Å². The quantitative estimate of drug-likeness (QED) is 0.523. The van der Waals surface area contributed by atoms with Gasteiger partial charge in [0.15, 0.2) is 6.10 Å². The molecular formula is C25H29N3O4S. The maximum absolute atomic E-state index is 13.0. The highest BCUT2D eigenvalue weighted by atomic mass is 32.2. The summed E-state index contributed by atoms with van der Waals surface area (Å²) in [5, 5.41) is 8.69. The Bertz CT molecular complexity index is 1040. The van der Waals surface area contributed by atoms with Crippen LogP contribution in [0, 0.1) is 5.92 Å². The molecule has 174 valence electrons. The number of rotatable bonds is 7. The Kier molecular flexibility index (Phi) is 7.54. The first kappa shape index (κ1) is 23.2. The molecule has 1 saturated carbocycles. The lowest BCUT2D eigenvalue weighted by atomic mass is 9.89. The Morgan fingerprint density at radius 3 is 2.73 bits per heavy atom. The number of nitrogens with one attached hydrogen (secondary N) is 3. The van der Waals surface area contributed by atoms with Gasteiger partial charge in [-0.3, -0.25) is 14.4 Å². The van der Waals surface area contributed by atoms with Crippen molar-refractivity contribution in [2.75, 3.05) is 22.9 Å². The smallest absolute Gasteiger partial charge is 0.265 e. The Morgan fingerprint density at radius 1 is 1.12 bits per heavy atom. The zero-order valence-corrected chi connectivity index (χ0v) is 19.5. The fourth-order valence-corrected chi connectivity index (χ4v) is 4.99. The molecule has 1 atom stereocenters. The van der Waals surface area contributed by atoms with Crippen molar-refractivity contribution in [2.45, 2.75) is 50.0 Å². The molecule has 0 bridgehead atoms. The van der Waals surface area contributed by atoms with Crippen molar-refractivity contribution in [3.8, 4) is 5.75 Å². The van der Waals surface area contributed by atoms with E-state index < -0.39 is 6.10 Å². The summed E-state index contributed by atoms with van der Waals surface area (Å²) in [6, 6.07) is 12.4. The molecule has 33 heavy (non-hydrogen) atoms. The fraction of sp³-hybridized carbons (Fsp3) is 0.400. The van der Waals surface area contributed by atoms with Crippen LogP contribution in [0.4, 0.5) is 11.4 Å². The minimum Gasteiger partial charge on any atom is -0.479 e. The van der Waals surface area contributed by atoms with E-state index in [1.54, 1.807) is 37.3 Å². The topological polar surface area (TPSA) is 96.5 Å². The number of fused-ring (bicyclic) bond motifs is 1. The largest absolute Gasteiger partial charge is 0.479 e. The molecule has 3 amide bonds. The lowest BCUT2D eigenvalue weighted by Gasteiger charge is -2.23. The van der Waals surface area contributed by atoms with Gasteiger partial charge in [0, 0.05) is 17.1 Å². The minimum atomic E-state index is -0.554. The molecule has 2 aromatic carbocycles. The van der Waals surface area contributed by atoms with Gasteiger partial charge in [0.25, 0.3) is 11.8 Å². The Hall–Kier alpha value is -3.00. The standard InChI is InChI=1S/C25H29N3O4S/c1-16-24(30)28-20-13-18(11-12-21(20)32-16)27-25(31)19-9-5-6-10-22(19)33-15-23(29)26-14-17-7-3-2-4-8-17/h5-6,9-13,16-17H,2-4,7-8,14-15H2,1H3,(H,26,29)(H,27,31)(H,28,30)/t16-/m0/s1. The molecule has 8 heteroatoms. The van der Waals surface area contributed by atoms with E-state index in [0.29, 0.717) is 28.6 Å². The van der Waals surface area contributed by atoms with Crippen LogP contribution in [0.2, 0.25) is 0 Å². The summed E-state index contributed by atoms with van der Waals surface area (Å²) in [5.41, 5.74) is 1.56. The van der Waals surface area contributed by atoms with Crippen molar-refractivity contribution in [3.63, 3.8) is 0 Å². The molecule has 1 aliphatic carbocycles. The Labute approximate surface area is 198 Å². The second-order valence-corrected chi connectivity index (χ2v) is 9.52. The molecule has 0 unspecified atom stereocenters. The lowest BCUT2D eigenvalue weighted by molar-refractivity contribution is -0.122. The third-order valence-electron chi connectivity index (χ3n) is 5.97. The average Bonchev–Trinajstić information content (AvgIpc) is 2.83. The van der Waals surface area contributed by atoms with Crippen LogP contribution in [0.5, 0.6) is 5.75 Å². The normalized spacial score (nSPS) is 18.0. The van der Waals surface area contributed by atoms with Gasteiger partial charge in [-0.2, -0.15) is 0 Å². The number of ether oxygens (including phenoxy) is 1. The summed E-state index contributed by atoms with van der Waals surface area (Å²) in [4.78, 5) is 37.9. The highest BCUT2D eigenvalue weighted by Gasteiger charge is 2.24. The van der Waals surface area contributed by atoms with Crippen LogP contribution in [-0.4, -0.2) is 36.1 Å². The number of amides is 3. The van der Waals surface area contributed by atoms with Crippen LogP contribution in [-0.2, 0) is 9.59 Å². The van der Waals surface area contributed by atoms with E-state index in [2.05, 4.69) is 16.0 Å². The first-order valence-electron chi connectivity index (χ1n) is 11.4. The van der Waals surface area contributed by atoms with Crippen LogP contribution < -0.4 is 20.7 Å². The van der Waals surface area contributed by atoms with Gasteiger partial charge >= 0.3 is 0 Å². The summed E-state index contributed by atoms with van der Waals surface area (Å²) in [6.45, 7) is 2.41. The van der Waals surface area contributed by atoms with Crippen molar-refractivity contribution < 1.29 is 19.1 Å². The first-order valence-corrected chi connectivity index (χ1v) is 12.4. The first-order chi connectivity index (χ1) is 16.0. The predicted molar refractivity (Wildman–Crippen MR) is 130 cm³/mol. The summed E-state index contributed by atoms with van der Waals surface area (Å²) in [5.74, 6) is 0.889. The van der Waals surface area contributed by atoms with Crippen LogP contribution in [0.25, 0.3) is 0 Å². The molecule has 4 rings (SSSR count). The van der Waals surface area contributed by atoms with Gasteiger partial charge in [0.05, 0.1) is 17.0 Å². The van der Waals surface area contributed by atoms with E-state index in [1.165, 1.54) is 43.9 Å². The summed E-state index contributed by atoms with van der Waals surface area (Å²) in [6.07, 6.45) is 5.62. The molecule has 0 aromatic heterocycles. The zero-order valence-electron chi connectivity index (χ0n) is 18.7. The second-order valence-electron chi connectivity index (χ2n) is 8.51. The summed E-state index contributed by atoms with van der Waals surface area (Å²) >= 11 is 1.35. The van der Waals surface area contributed by atoms with E-state index in [4.69, 9.17) is 4.74 Å². The Balaban J connectivity index is 1.35. The van der Waals surface area contributed by atoms with E-state index >= 15 is 0 Å². The molecule has 1 aliphatic heterocycles. The zero-order chi connectivity index (χ0) is 23.2. The number of carbonyl (C=O) groups is 3. The average molecular weight is 468 g/mol. The van der Waals surface area contributed by atoms with Crippen molar-refractivity contribution in [1.29, 1.82) is 0 Å². The van der Waals surface area contributed by atoms with E-state index in [0.717, 1.165) is 11.4 Å². The highest BCUT2D eigenvalue weighted by Crippen LogP contribution is 2.32. The second kappa shape index (κ2) is 10.7. The van der Waals surface area contributed by atoms with Crippen LogP contribution in [0.15, 0.2) is 47.4 Å². The van der Waals surface area contributed by atoms with Crippen molar-refractivity contribution in [2.24, 2.45) is 5.92 Å². The minimum absolute atomic E-state index is 0.0135. The van der Waals surface area contributed by atoms with Crippen LogP contribution in [0.1, 0.15) is 49.4 Å². The third kappa shape index (κ3) is 6.07. The molecule has 2 aliphatic rings. The molecule has 1 fully saturated rings. The molecule has 0 radical (unpaired) electrons. The van der Waals surface area contributed by atoms with Gasteiger partial charge in [0.2, 0.25) is 5.91 Å². The SMILES string of the molecule is C[C@@H]1Oc2ccc(NC(=O)c3ccccc3SCC(=O)NCC3CCCCC3)cc2NC1=O. The van der Waals surface area contributed by atoms with Gasteiger partial charge in [-0.15, -0.1) is 11.8 Å². The van der Waals surface area contributed by atoms with Crippen LogP contribution >= 0.6 is 11.8 Å². The number of thioether (sulfide) groups is 1. The monoisotopic (exact) mass is 467 g/mol. The number of anilines is 2. The fourth-order valence-electron chi connectivity index (χ4n) is 4.11.